The molecule has 3 rings (SSSR count). The number of hydrogen-bond donors (Lipinski definition) is 0. The second-order valence-corrected chi connectivity index (χ2v) is 6.91. The summed E-state index contributed by atoms with van der Waals surface area (Å²) in [4.78, 5) is 20.0. The highest BCUT2D eigenvalue weighted by atomic mass is 19.4. The number of rotatable bonds is 3. The molecule has 4 nitrogen and oxygen atoms in total. The molecule has 0 saturated carbocycles. The van der Waals surface area contributed by atoms with Crippen molar-refractivity contribution in [1.82, 2.24) is 9.88 Å². The van der Waals surface area contributed by atoms with Gasteiger partial charge in [0.2, 0.25) is 5.91 Å². The highest BCUT2D eigenvalue weighted by Gasteiger charge is 2.31. The van der Waals surface area contributed by atoms with E-state index in [2.05, 4.69) is 11.1 Å². The predicted molar refractivity (Wildman–Crippen MR) is 103 cm³/mol. The molecule has 2 aromatic rings. The Hall–Kier alpha value is -2.83. The minimum atomic E-state index is -4.39. The van der Waals surface area contributed by atoms with Crippen LogP contribution in [0.4, 0.5) is 19.0 Å². The molecular formula is C21H22F3N3O. The van der Waals surface area contributed by atoms with Crippen LogP contribution >= 0.6 is 0 Å². The normalized spacial score (nSPS) is 15.3. The molecule has 0 unspecified atom stereocenters. The van der Waals surface area contributed by atoms with E-state index in [4.69, 9.17) is 0 Å². The van der Waals surface area contributed by atoms with Gasteiger partial charge in [0.1, 0.15) is 5.82 Å². The Morgan fingerprint density at radius 2 is 1.79 bits per heavy atom. The predicted octanol–water partition coefficient (Wildman–Crippen LogP) is 4.08. The summed E-state index contributed by atoms with van der Waals surface area (Å²) in [6.07, 6.45) is -0.150. The van der Waals surface area contributed by atoms with Crippen molar-refractivity contribution in [1.29, 1.82) is 0 Å². The van der Waals surface area contributed by atoms with E-state index in [-0.39, 0.29) is 5.91 Å². The molecule has 0 atom stereocenters. The van der Waals surface area contributed by atoms with Gasteiger partial charge in [0.15, 0.2) is 0 Å². The Kier molecular flexibility index (Phi) is 5.72. The first-order valence-electron chi connectivity index (χ1n) is 9.06. The fourth-order valence-electron chi connectivity index (χ4n) is 3.18. The number of carbonyl (C=O) groups excluding carboxylic acids is 1. The molecule has 7 heteroatoms. The van der Waals surface area contributed by atoms with E-state index in [9.17, 15) is 18.0 Å². The van der Waals surface area contributed by atoms with E-state index >= 15 is 0 Å². The second kappa shape index (κ2) is 8.04. The number of piperazine rings is 1. The highest BCUT2D eigenvalue weighted by molar-refractivity contribution is 5.92. The number of hydrogen-bond acceptors (Lipinski definition) is 3. The van der Waals surface area contributed by atoms with Gasteiger partial charge in [-0.3, -0.25) is 4.79 Å². The number of halogens is 3. The molecule has 1 aromatic heterocycles. The Morgan fingerprint density at radius 1 is 1.07 bits per heavy atom. The molecule has 0 radical (unpaired) electrons. The minimum absolute atomic E-state index is 0.0694. The van der Waals surface area contributed by atoms with Crippen LogP contribution in [0.5, 0.6) is 0 Å². The van der Waals surface area contributed by atoms with Crippen molar-refractivity contribution >= 4 is 17.8 Å². The molecule has 0 spiro atoms. The number of anilines is 1. The van der Waals surface area contributed by atoms with Crippen molar-refractivity contribution in [2.45, 2.75) is 20.0 Å². The molecule has 1 aromatic carbocycles. The first kappa shape index (κ1) is 19.9. The number of pyridine rings is 1. The third kappa shape index (κ3) is 4.71. The van der Waals surface area contributed by atoms with Crippen molar-refractivity contribution in [3.05, 3.63) is 64.9 Å². The van der Waals surface area contributed by atoms with Gasteiger partial charge < -0.3 is 9.80 Å². The fourth-order valence-corrected chi connectivity index (χ4v) is 3.18. The molecule has 0 bridgehead atoms. The molecule has 2 heterocycles. The Balaban J connectivity index is 1.57. The summed E-state index contributed by atoms with van der Waals surface area (Å²) in [5.41, 5.74) is 2.53. The van der Waals surface area contributed by atoms with E-state index < -0.39 is 11.7 Å². The standard InChI is InChI=1S/C21H22F3N3O/c1-15-3-4-17(16(2)13-15)5-8-20(28)27-11-9-26(10-12-27)19-7-6-18(14-25-19)21(22,23)24/h3-8,13-14H,9-12H2,1-2H3. The van der Waals surface area contributed by atoms with Gasteiger partial charge in [0.05, 0.1) is 5.56 Å². The summed E-state index contributed by atoms with van der Waals surface area (Å²) < 4.78 is 37.9. The van der Waals surface area contributed by atoms with Crippen LogP contribution in [0.3, 0.4) is 0 Å². The van der Waals surface area contributed by atoms with Gasteiger partial charge in [-0.2, -0.15) is 13.2 Å². The third-order valence-corrected chi connectivity index (χ3v) is 4.82. The molecule has 1 amide bonds. The molecule has 1 aliphatic rings. The number of nitrogens with zero attached hydrogens (tertiary/aromatic N) is 3. The SMILES string of the molecule is Cc1ccc(C=CC(=O)N2CCN(c3ccc(C(F)(F)F)cn3)CC2)c(C)c1. The van der Waals surface area contributed by atoms with Gasteiger partial charge >= 0.3 is 6.18 Å². The third-order valence-electron chi connectivity index (χ3n) is 4.82. The molecule has 28 heavy (non-hydrogen) atoms. The number of alkyl halides is 3. The summed E-state index contributed by atoms with van der Waals surface area (Å²) in [5, 5.41) is 0. The van der Waals surface area contributed by atoms with Gasteiger partial charge in [-0.1, -0.05) is 23.8 Å². The van der Waals surface area contributed by atoms with E-state index in [0.29, 0.717) is 32.0 Å². The summed E-state index contributed by atoms with van der Waals surface area (Å²) in [6.45, 7) is 6.09. The van der Waals surface area contributed by atoms with Gasteiger partial charge in [-0.05, 0) is 43.2 Å². The van der Waals surface area contributed by atoms with E-state index in [1.54, 1.807) is 11.0 Å². The number of aryl methyl sites for hydroxylation is 2. The molecule has 1 saturated heterocycles. The van der Waals surface area contributed by atoms with E-state index in [0.717, 1.165) is 23.4 Å². The van der Waals surface area contributed by atoms with Crippen LogP contribution < -0.4 is 4.90 Å². The Morgan fingerprint density at radius 3 is 2.36 bits per heavy atom. The molecule has 0 aliphatic carbocycles. The maximum absolute atomic E-state index is 12.6. The average Bonchev–Trinajstić information content (AvgIpc) is 2.67. The number of aromatic nitrogens is 1. The van der Waals surface area contributed by atoms with Crippen LogP contribution in [0.15, 0.2) is 42.6 Å². The highest BCUT2D eigenvalue weighted by Crippen LogP contribution is 2.29. The smallest absolute Gasteiger partial charge is 0.353 e. The zero-order valence-electron chi connectivity index (χ0n) is 15.8. The van der Waals surface area contributed by atoms with Crippen LogP contribution in [0.25, 0.3) is 6.08 Å². The van der Waals surface area contributed by atoms with Gasteiger partial charge in [-0.25, -0.2) is 4.98 Å². The van der Waals surface area contributed by atoms with Crippen molar-refractivity contribution < 1.29 is 18.0 Å². The Bertz CT molecular complexity index is 867. The molecule has 0 N–H and O–H groups in total. The average molecular weight is 389 g/mol. The summed E-state index contributed by atoms with van der Waals surface area (Å²) >= 11 is 0. The Labute approximate surface area is 162 Å². The van der Waals surface area contributed by atoms with Crippen LogP contribution in [-0.2, 0) is 11.0 Å². The summed E-state index contributed by atoms with van der Waals surface area (Å²) in [6, 6.07) is 8.47. The topological polar surface area (TPSA) is 36.4 Å². The first-order chi connectivity index (χ1) is 13.2. The van der Waals surface area contributed by atoms with Crippen LogP contribution in [0.2, 0.25) is 0 Å². The second-order valence-electron chi connectivity index (χ2n) is 6.91. The lowest BCUT2D eigenvalue weighted by molar-refractivity contribution is -0.137. The quantitative estimate of drug-likeness (QED) is 0.743. The maximum Gasteiger partial charge on any atom is 0.417 e. The van der Waals surface area contributed by atoms with Gasteiger partial charge in [0.25, 0.3) is 0 Å². The van der Waals surface area contributed by atoms with Crippen molar-refractivity contribution in [2.75, 3.05) is 31.1 Å². The number of carbonyl (C=O) groups is 1. The van der Waals surface area contributed by atoms with Crippen molar-refractivity contribution in [3.63, 3.8) is 0 Å². The molecule has 1 aliphatic heterocycles. The van der Waals surface area contributed by atoms with Gasteiger partial charge in [0, 0.05) is 38.5 Å². The zero-order chi connectivity index (χ0) is 20.3. The van der Waals surface area contributed by atoms with Gasteiger partial charge in [-0.15, -0.1) is 0 Å². The zero-order valence-corrected chi connectivity index (χ0v) is 15.8. The van der Waals surface area contributed by atoms with E-state index in [1.807, 2.05) is 37.0 Å². The van der Waals surface area contributed by atoms with Crippen LogP contribution in [-0.4, -0.2) is 42.0 Å². The van der Waals surface area contributed by atoms with Crippen molar-refractivity contribution in [3.8, 4) is 0 Å². The largest absolute Gasteiger partial charge is 0.417 e. The number of amides is 1. The molecular weight excluding hydrogens is 367 g/mol. The van der Waals surface area contributed by atoms with Crippen molar-refractivity contribution in [2.24, 2.45) is 0 Å². The monoisotopic (exact) mass is 389 g/mol. The molecule has 1 fully saturated rings. The first-order valence-corrected chi connectivity index (χ1v) is 9.06. The number of benzene rings is 1. The maximum atomic E-state index is 12.6. The summed E-state index contributed by atoms with van der Waals surface area (Å²) in [5.74, 6) is 0.422. The lowest BCUT2D eigenvalue weighted by atomic mass is 10.1. The minimum Gasteiger partial charge on any atom is -0.353 e. The lowest BCUT2D eigenvalue weighted by Gasteiger charge is -2.35. The lowest BCUT2D eigenvalue weighted by Crippen LogP contribution is -2.48. The van der Waals surface area contributed by atoms with E-state index in [1.165, 1.54) is 11.6 Å². The van der Waals surface area contributed by atoms with Crippen LogP contribution in [0, 0.1) is 13.8 Å². The fraction of sp³-hybridized carbons (Fsp3) is 0.333. The van der Waals surface area contributed by atoms with Crippen LogP contribution in [0.1, 0.15) is 22.3 Å². The molecule has 148 valence electrons. The summed E-state index contributed by atoms with van der Waals surface area (Å²) in [7, 11) is 0.